The number of nitrogens with zero attached hydrogens (tertiary/aromatic N) is 1. The van der Waals surface area contributed by atoms with Crippen molar-refractivity contribution in [1.29, 1.82) is 0 Å². The summed E-state index contributed by atoms with van der Waals surface area (Å²) < 4.78 is 13.2. The molecule has 0 bridgehead atoms. The highest BCUT2D eigenvalue weighted by Crippen LogP contribution is 2.39. The van der Waals surface area contributed by atoms with E-state index < -0.39 is 0 Å². The third-order valence-electron chi connectivity index (χ3n) is 4.05. The Labute approximate surface area is 183 Å². The Hall–Kier alpha value is -1.83. The molecule has 0 aromatic heterocycles. The normalized spacial score (nSPS) is 15.4. The Morgan fingerprint density at radius 1 is 1.18 bits per heavy atom. The van der Waals surface area contributed by atoms with Crippen molar-refractivity contribution < 1.29 is 14.3 Å². The summed E-state index contributed by atoms with van der Waals surface area (Å²) in [6.07, 6.45) is 1.84. The smallest absolute Gasteiger partial charge is 0.266 e. The molecule has 1 amide bonds. The van der Waals surface area contributed by atoms with Gasteiger partial charge in [0.15, 0.2) is 11.5 Å². The van der Waals surface area contributed by atoms with Crippen molar-refractivity contribution in [3.63, 3.8) is 0 Å². The monoisotopic (exact) mass is 477 g/mol. The van der Waals surface area contributed by atoms with Gasteiger partial charge in [-0.15, -0.1) is 0 Å². The van der Waals surface area contributed by atoms with E-state index in [0.29, 0.717) is 40.5 Å². The van der Waals surface area contributed by atoms with Crippen LogP contribution in [0.2, 0.25) is 0 Å². The van der Waals surface area contributed by atoms with Gasteiger partial charge in [0.2, 0.25) is 0 Å². The molecule has 0 radical (unpaired) electrons. The summed E-state index contributed by atoms with van der Waals surface area (Å²) in [5.41, 5.74) is 1.92. The Kier molecular flexibility index (Phi) is 7.15. The summed E-state index contributed by atoms with van der Waals surface area (Å²) in [6.45, 7) is 5.36. The zero-order valence-electron chi connectivity index (χ0n) is 15.6. The van der Waals surface area contributed by atoms with Crippen LogP contribution >= 0.6 is 39.9 Å². The summed E-state index contributed by atoms with van der Waals surface area (Å²) in [5, 5.41) is 0. The van der Waals surface area contributed by atoms with Gasteiger partial charge in [0, 0.05) is 6.54 Å². The first-order valence-corrected chi connectivity index (χ1v) is 10.9. The minimum atomic E-state index is -0.0593. The van der Waals surface area contributed by atoms with E-state index in [4.69, 9.17) is 21.7 Å². The van der Waals surface area contributed by atoms with E-state index >= 15 is 0 Å². The maximum atomic E-state index is 12.5. The van der Waals surface area contributed by atoms with Crippen LogP contribution < -0.4 is 9.47 Å². The fourth-order valence-corrected chi connectivity index (χ4v) is 4.69. The zero-order chi connectivity index (χ0) is 20.1. The Bertz CT molecular complexity index is 915. The Balaban J connectivity index is 1.87. The minimum Gasteiger partial charge on any atom is -0.490 e. The van der Waals surface area contributed by atoms with Crippen molar-refractivity contribution in [3.05, 3.63) is 63.0 Å². The first-order valence-electron chi connectivity index (χ1n) is 8.92. The van der Waals surface area contributed by atoms with Gasteiger partial charge >= 0.3 is 0 Å². The molecule has 2 aromatic carbocycles. The molecule has 1 heterocycles. The van der Waals surface area contributed by atoms with Gasteiger partial charge in [0.25, 0.3) is 5.91 Å². The molecule has 4 nitrogen and oxygen atoms in total. The summed E-state index contributed by atoms with van der Waals surface area (Å²) in [6, 6.07) is 13.8. The van der Waals surface area contributed by atoms with E-state index in [2.05, 4.69) is 15.9 Å². The maximum absolute atomic E-state index is 12.5. The standard InChI is InChI=1S/C21H20BrNO3S2/c1-3-23-20(24)18(28-21(23)27)12-15-10-16(22)19(17(11-15)25-4-2)26-13-14-8-6-5-7-9-14/h5-12H,3-4,13H2,1-2H3. The third kappa shape index (κ3) is 4.77. The van der Waals surface area contributed by atoms with Crippen LogP contribution in [0, 0.1) is 0 Å². The molecule has 1 aliphatic rings. The molecule has 0 N–H and O–H groups in total. The zero-order valence-corrected chi connectivity index (χ0v) is 18.8. The molecule has 3 rings (SSSR count). The van der Waals surface area contributed by atoms with Crippen LogP contribution in [0.15, 0.2) is 51.8 Å². The van der Waals surface area contributed by atoms with Gasteiger partial charge in [-0.05, 0) is 59.1 Å². The van der Waals surface area contributed by atoms with Gasteiger partial charge in [0.1, 0.15) is 10.9 Å². The quantitative estimate of drug-likeness (QED) is 0.380. The summed E-state index contributed by atoms with van der Waals surface area (Å²) in [5.74, 6) is 1.21. The average molecular weight is 478 g/mol. The lowest BCUT2D eigenvalue weighted by Crippen LogP contribution is -2.27. The number of carbonyl (C=O) groups excluding carboxylic acids is 1. The van der Waals surface area contributed by atoms with E-state index in [1.807, 2.05) is 62.4 Å². The lowest BCUT2D eigenvalue weighted by molar-refractivity contribution is -0.121. The highest BCUT2D eigenvalue weighted by Gasteiger charge is 2.30. The van der Waals surface area contributed by atoms with Gasteiger partial charge in [-0.2, -0.15) is 0 Å². The Morgan fingerprint density at radius 3 is 2.57 bits per heavy atom. The number of rotatable bonds is 7. The van der Waals surface area contributed by atoms with E-state index in [1.165, 1.54) is 11.8 Å². The van der Waals surface area contributed by atoms with Crippen LogP contribution in [-0.2, 0) is 11.4 Å². The second-order valence-corrected chi connectivity index (χ2v) is 8.49. The minimum absolute atomic E-state index is 0.0593. The first-order chi connectivity index (χ1) is 13.5. The SMILES string of the molecule is CCOc1cc(C=C2SC(=S)N(CC)C2=O)cc(Br)c1OCc1ccccc1. The van der Waals surface area contributed by atoms with Crippen LogP contribution in [-0.4, -0.2) is 28.3 Å². The third-order valence-corrected chi connectivity index (χ3v) is 6.01. The molecule has 0 aliphatic carbocycles. The number of ether oxygens (including phenoxy) is 2. The molecule has 0 spiro atoms. The summed E-state index contributed by atoms with van der Waals surface area (Å²) in [4.78, 5) is 14.7. The van der Waals surface area contributed by atoms with Crippen molar-refractivity contribution >= 4 is 56.2 Å². The van der Waals surface area contributed by atoms with Gasteiger partial charge in [0.05, 0.1) is 16.0 Å². The predicted molar refractivity (Wildman–Crippen MR) is 122 cm³/mol. The van der Waals surface area contributed by atoms with Gasteiger partial charge < -0.3 is 9.47 Å². The summed E-state index contributed by atoms with van der Waals surface area (Å²) in [7, 11) is 0. The van der Waals surface area contributed by atoms with E-state index in [-0.39, 0.29) is 5.91 Å². The molecular formula is C21H20BrNO3S2. The molecular weight excluding hydrogens is 458 g/mol. The molecule has 1 fully saturated rings. The summed E-state index contributed by atoms with van der Waals surface area (Å²) >= 11 is 10.2. The lowest BCUT2D eigenvalue weighted by Gasteiger charge is -2.15. The van der Waals surface area contributed by atoms with Gasteiger partial charge in [-0.25, -0.2) is 0 Å². The van der Waals surface area contributed by atoms with Crippen molar-refractivity contribution in [3.8, 4) is 11.5 Å². The lowest BCUT2D eigenvalue weighted by atomic mass is 10.1. The van der Waals surface area contributed by atoms with Crippen LogP contribution in [0.4, 0.5) is 0 Å². The highest BCUT2D eigenvalue weighted by atomic mass is 79.9. The number of thioether (sulfide) groups is 1. The molecule has 0 saturated carbocycles. The van der Waals surface area contributed by atoms with Crippen LogP contribution in [0.5, 0.6) is 11.5 Å². The number of hydrogen-bond acceptors (Lipinski definition) is 5. The molecule has 7 heteroatoms. The second-order valence-electron chi connectivity index (χ2n) is 5.96. The number of hydrogen-bond donors (Lipinski definition) is 0. The number of amides is 1. The van der Waals surface area contributed by atoms with Gasteiger partial charge in [-0.1, -0.05) is 54.3 Å². The first kappa shape index (κ1) is 20.9. The fraction of sp³-hybridized carbons (Fsp3) is 0.238. The van der Waals surface area contributed by atoms with Crippen LogP contribution in [0.1, 0.15) is 25.0 Å². The largest absolute Gasteiger partial charge is 0.490 e. The van der Waals surface area contributed by atoms with E-state index in [1.54, 1.807) is 4.90 Å². The van der Waals surface area contributed by atoms with Crippen molar-refractivity contribution in [2.45, 2.75) is 20.5 Å². The number of carbonyl (C=O) groups is 1. The topological polar surface area (TPSA) is 38.8 Å². The van der Waals surface area contributed by atoms with E-state index in [9.17, 15) is 4.79 Å². The molecule has 1 aliphatic heterocycles. The molecule has 28 heavy (non-hydrogen) atoms. The highest BCUT2D eigenvalue weighted by molar-refractivity contribution is 9.10. The maximum Gasteiger partial charge on any atom is 0.266 e. The average Bonchev–Trinajstić information content (AvgIpc) is 2.94. The number of likely N-dealkylation sites (N-methyl/N-ethyl adjacent to an activating group) is 1. The molecule has 0 atom stereocenters. The molecule has 0 unspecified atom stereocenters. The van der Waals surface area contributed by atoms with Crippen LogP contribution in [0.3, 0.4) is 0 Å². The van der Waals surface area contributed by atoms with Crippen molar-refractivity contribution in [1.82, 2.24) is 4.90 Å². The molecule has 2 aromatic rings. The predicted octanol–water partition coefficient (Wildman–Crippen LogP) is 5.65. The number of halogens is 1. The molecule has 146 valence electrons. The number of benzene rings is 2. The number of thiocarbonyl (C=S) groups is 1. The van der Waals surface area contributed by atoms with Crippen molar-refractivity contribution in [2.75, 3.05) is 13.2 Å². The second kappa shape index (κ2) is 9.58. The van der Waals surface area contributed by atoms with Crippen LogP contribution in [0.25, 0.3) is 6.08 Å². The fourth-order valence-electron chi connectivity index (χ4n) is 2.73. The Morgan fingerprint density at radius 2 is 1.93 bits per heavy atom. The van der Waals surface area contributed by atoms with Gasteiger partial charge in [-0.3, -0.25) is 9.69 Å². The van der Waals surface area contributed by atoms with E-state index in [0.717, 1.165) is 15.6 Å². The van der Waals surface area contributed by atoms with Crippen molar-refractivity contribution in [2.24, 2.45) is 0 Å². The molecule has 1 saturated heterocycles.